The van der Waals surface area contributed by atoms with E-state index in [1.54, 1.807) is 0 Å². The van der Waals surface area contributed by atoms with Gasteiger partial charge in [-0.3, -0.25) is 0 Å². The molecule has 0 saturated heterocycles. The highest BCUT2D eigenvalue weighted by Crippen LogP contribution is 2.21. The maximum atomic E-state index is 5.99. The highest BCUT2D eigenvalue weighted by Gasteiger charge is 2.04. The van der Waals surface area contributed by atoms with Gasteiger partial charge in [-0.05, 0) is 88.3 Å². The van der Waals surface area contributed by atoms with Gasteiger partial charge < -0.3 is 9.47 Å². The standard InChI is InChI=1S/C27H23N5O.C26H21N5O/c1-2-7-26-23(5-1)15-16-24(28-26)19-33-25-6-3-4-22(18-25)13-12-20-8-10-21(11-9-20)14-17-27-29-31-32-30-27;1-2-4-25-22(3-1)13-14-23(27-25)18-32-24-15-11-20(12-16-24)6-5-19-7-9-21(10-8-19)17-26-28-30-31-29-26/h1-13,15-16,18H,14,17,19H2,(H,29,30,31,32);1-16H,17-18H2,(H,28,29,30,31). The van der Waals surface area contributed by atoms with E-state index >= 15 is 0 Å². The van der Waals surface area contributed by atoms with Crippen molar-refractivity contribution in [1.29, 1.82) is 0 Å². The molecule has 4 aromatic heterocycles. The first-order valence-corrected chi connectivity index (χ1v) is 21.3. The topological polar surface area (TPSA) is 153 Å². The van der Waals surface area contributed by atoms with Gasteiger partial charge in [-0.25, -0.2) is 9.97 Å². The number of aryl methyl sites for hydroxylation is 2. The molecule has 0 spiro atoms. The highest BCUT2D eigenvalue weighted by molar-refractivity contribution is 5.79. The summed E-state index contributed by atoms with van der Waals surface area (Å²) in [6.07, 6.45) is 10.7. The van der Waals surface area contributed by atoms with Crippen molar-refractivity contribution >= 4 is 46.1 Å². The van der Waals surface area contributed by atoms with Gasteiger partial charge >= 0.3 is 0 Å². The van der Waals surface area contributed by atoms with Crippen LogP contribution >= 0.6 is 0 Å². The summed E-state index contributed by atoms with van der Waals surface area (Å²) >= 11 is 0. The highest BCUT2D eigenvalue weighted by atomic mass is 16.5. The molecule has 4 heterocycles. The SMILES string of the molecule is C(=Cc1ccc(OCc2ccc3ccccc3n2)cc1)c1ccc(Cc2nn[nH]n2)cc1.C(=Cc1cccc(OCc2ccc3ccccc3n2)c1)c1ccc(CCc2nn[nH]n2)cc1. The van der Waals surface area contributed by atoms with Crippen molar-refractivity contribution in [1.82, 2.24) is 51.2 Å². The zero-order valence-corrected chi connectivity index (χ0v) is 35.4. The smallest absolute Gasteiger partial charge is 0.178 e. The Morgan fingerprint density at radius 3 is 1.52 bits per heavy atom. The van der Waals surface area contributed by atoms with E-state index in [1.807, 2.05) is 91.0 Å². The van der Waals surface area contributed by atoms with Crippen molar-refractivity contribution < 1.29 is 9.47 Å². The first-order chi connectivity index (χ1) is 32.1. The van der Waals surface area contributed by atoms with Crippen molar-refractivity contribution in [3.63, 3.8) is 0 Å². The molecule has 2 N–H and O–H groups in total. The molecule has 12 heteroatoms. The fourth-order valence-corrected chi connectivity index (χ4v) is 6.99. The maximum absolute atomic E-state index is 5.99. The van der Waals surface area contributed by atoms with Gasteiger partial charge in [0.25, 0.3) is 0 Å². The lowest BCUT2D eigenvalue weighted by Crippen LogP contribution is -1.98. The number of aromatic nitrogens is 10. The lowest BCUT2D eigenvalue weighted by Gasteiger charge is -2.07. The molecule has 10 aromatic rings. The number of tetrazole rings is 2. The summed E-state index contributed by atoms with van der Waals surface area (Å²) in [5, 5.41) is 30.3. The minimum absolute atomic E-state index is 0.434. The van der Waals surface area contributed by atoms with E-state index in [4.69, 9.17) is 9.47 Å². The number of benzene rings is 6. The number of H-pyrrole nitrogens is 2. The summed E-state index contributed by atoms with van der Waals surface area (Å²) in [4.78, 5) is 9.32. The predicted molar refractivity (Wildman–Crippen MR) is 254 cm³/mol. The van der Waals surface area contributed by atoms with E-state index < -0.39 is 0 Å². The zero-order chi connectivity index (χ0) is 43.9. The normalized spacial score (nSPS) is 11.3. The van der Waals surface area contributed by atoms with E-state index in [0.29, 0.717) is 25.5 Å². The molecule has 10 rings (SSSR count). The maximum Gasteiger partial charge on any atom is 0.178 e. The molecule has 0 radical (unpaired) electrons. The van der Waals surface area contributed by atoms with E-state index in [9.17, 15) is 0 Å². The minimum atomic E-state index is 0.434. The van der Waals surface area contributed by atoms with Crippen LogP contribution in [0.1, 0.15) is 56.4 Å². The first-order valence-electron chi connectivity index (χ1n) is 21.3. The van der Waals surface area contributed by atoms with Crippen LogP contribution in [0.15, 0.2) is 170 Å². The van der Waals surface area contributed by atoms with E-state index in [1.165, 1.54) is 5.56 Å². The summed E-state index contributed by atoms with van der Waals surface area (Å²) in [6, 6.07) is 57.3. The second-order valence-electron chi connectivity index (χ2n) is 15.2. The molecule has 6 aromatic carbocycles. The fourth-order valence-electron chi connectivity index (χ4n) is 6.99. The number of nitrogens with one attached hydrogen (secondary N) is 2. The van der Waals surface area contributed by atoms with Gasteiger partial charge in [0.1, 0.15) is 24.7 Å². The van der Waals surface area contributed by atoms with Crippen molar-refractivity contribution in [3.8, 4) is 11.5 Å². The van der Waals surface area contributed by atoms with Crippen molar-refractivity contribution in [2.24, 2.45) is 0 Å². The minimum Gasteiger partial charge on any atom is -0.487 e. The molecule has 0 aliphatic carbocycles. The first kappa shape index (κ1) is 41.7. The number of ether oxygens (including phenoxy) is 2. The molecule has 318 valence electrons. The molecule has 0 saturated carbocycles. The summed E-state index contributed by atoms with van der Waals surface area (Å²) < 4.78 is 11.9. The van der Waals surface area contributed by atoms with Crippen LogP contribution in [0.3, 0.4) is 0 Å². The average molecular weight is 853 g/mol. The second-order valence-corrected chi connectivity index (χ2v) is 15.2. The summed E-state index contributed by atoms with van der Waals surface area (Å²) in [6.45, 7) is 0.875. The van der Waals surface area contributed by atoms with Crippen molar-refractivity contribution in [2.45, 2.75) is 32.5 Å². The molecular weight excluding hydrogens is 809 g/mol. The number of hydrogen-bond donors (Lipinski definition) is 2. The Bertz CT molecular complexity index is 3120. The Kier molecular flexibility index (Phi) is 13.4. The van der Waals surface area contributed by atoms with Gasteiger partial charge in [0.05, 0.1) is 22.4 Å². The monoisotopic (exact) mass is 852 g/mol. The van der Waals surface area contributed by atoms with E-state index in [0.717, 1.165) is 91.2 Å². The second kappa shape index (κ2) is 21.0. The van der Waals surface area contributed by atoms with Gasteiger partial charge in [0.15, 0.2) is 11.6 Å². The van der Waals surface area contributed by atoms with Crippen molar-refractivity contribution in [3.05, 3.63) is 226 Å². The van der Waals surface area contributed by atoms with Crippen LogP contribution in [0.4, 0.5) is 0 Å². The third kappa shape index (κ3) is 12.1. The van der Waals surface area contributed by atoms with Crippen LogP contribution in [0.2, 0.25) is 0 Å². The van der Waals surface area contributed by atoms with Crippen LogP contribution in [-0.2, 0) is 32.5 Å². The third-order valence-corrected chi connectivity index (χ3v) is 10.5. The van der Waals surface area contributed by atoms with Crippen LogP contribution in [0, 0.1) is 0 Å². The Hall–Kier alpha value is -8.64. The zero-order valence-electron chi connectivity index (χ0n) is 35.4. The van der Waals surface area contributed by atoms with Gasteiger partial charge in [-0.2, -0.15) is 10.4 Å². The van der Waals surface area contributed by atoms with Crippen LogP contribution < -0.4 is 9.47 Å². The average Bonchev–Trinajstić information content (AvgIpc) is 4.10. The molecule has 0 aliphatic heterocycles. The number of hydrogen-bond acceptors (Lipinski definition) is 10. The molecule has 0 fully saturated rings. The summed E-state index contributed by atoms with van der Waals surface area (Å²) in [7, 11) is 0. The van der Waals surface area contributed by atoms with E-state index in [2.05, 4.69) is 154 Å². The molecule has 0 aliphatic rings. The summed E-state index contributed by atoms with van der Waals surface area (Å²) in [5.74, 6) is 3.07. The number of fused-ring (bicyclic) bond motifs is 2. The Morgan fingerprint density at radius 2 is 0.938 bits per heavy atom. The Balaban J connectivity index is 0.000000164. The van der Waals surface area contributed by atoms with Crippen LogP contribution in [0.25, 0.3) is 46.1 Å². The number of nitrogens with zero attached hydrogens (tertiary/aromatic N) is 8. The molecule has 0 unspecified atom stereocenters. The Labute approximate surface area is 375 Å². The Morgan fingerprint density at radius 1 is 0.415 bits per heavy atom. The number of aromatic amines is 2. The molecule has 0 atom stereocenters. The lowest BCUT2D eigenvalue weighted by atomic mass is 10.1. The van der Waals surface area contributed by atoms with E-state index in [-0.39, 0.29) is 0 Å². The quantitative estimate of drug-likeness (QED) is 0.0953. The molecule has 0 bridgehead atoms. The van der Waals surface area contributed by atoms with Crippen LogP contribution in [-0.4, -0.2) is 51.2 Å². The van der Waals surface area contributed by atoms with Gasteiger partial charge in [-0.15, -0.1) is 20.4 Å². The van der Waals surface area contributed by atoms with Gasteiger partial charge in [0, 0.05) is 23.6 Å². The lowest BCUT2D eigenvalue weighted by molar-refractivity contribution is 0.301. The number of pyridine rings is 2. The van der Waals surface area contributed by atoms with Gasteiger partial charge in [-0.1, -0.05) is 156 Å². The largest absolute Gasteiger partial charge is 0.487 e. The summed E-state index contributed by atoms with van der Waals surface area (Å²) in [5.41, 5.74) is 10.6. The molecule has 65 heavy (non-hydrogen) atoms. The number of rotatable bonds is 15. The fraction of sp³-hybridized carbons (Fsp3) is 0.0943. The third-order valence-electron chi connectivity index (χ3n) is 10.5. The molecule has 0 amide bonds. The number of para-hydroxylation sites is 2. The van der Waals surface area contributed by atoms with Gasteiger partial charge in [0.2, 0.25) is 0 Å². The molecular formula is C53H44N10O2. The van der Waals surface area contributed by atoms with Crippen LogP contribution in [0.5, 0.6) is 11.5 Å². The molecule has 12 nitrogen and oxygen atoms in total. The predicted octanol–water partition coefficient (Wildman–Crippen LogP) is 10.4. The van der Waals surface area contributed by atoms with Crippen molar-refractivity contribution in [2.75, 3.05) is 0 Å².